The van der Waals surface area contributed by atoms with Crippen molar-refractivity contribution in [3.05, 3.63) is 24.3 Å². The van der Waals surface area contributed by atoms with Gasteiger partial charge in [0.15, 0.2) is 0 Å². The van der Waals surface area contributed by atoms with Crippen molar-refractivity contribution in [1.29, 1.82) is 0 Å². The van der Waals surface area contributed by atoms with Crippen LogP contribution >= 0.6 is 0 Å². The smallest absolute Gasteiger partial charge is 0.319 e. The quantitative estimate of drug-likeness (QED) is 0.698. The molecular weight excluding hydrogens is 286 g/mol. The van der Waals surface area contributed by atoms with E-state index < -0.39 is 12.0 Å². The number of amides is 3. The molecule has 0 unspecified atom stereocenters. The fourth-order valence-electron chi connectivity index (χ4n) is 2.29. The number of benzene rings is 1. The topological polar surface area (TPSA) is 98.7 Å². The monoisotopic (exact) mass is 305 g/mol. The minimum atomic E-state index is -0.884. The summed E-state index contributed by atoms with van der Waals surface area (Å²) >= 11 is 0. The molecule has 1 aromatic rings. The molecular formula is C15H19N3O4. The first-order valence-electron chi connectivity index (χ1n) is 7.23. The molecule has 1 aliphatic heterocycles. The highest BCUT2D eigenvalue weighted by atomic mass is 16.4. The van der Waals surface area contributed by atoms with Crippen LogP contribution < -0.4 is 15.5 Å². The van der Waals surface area contributed by atoms with Crippen molar-refractivity contribution in [1.82, 2.24) is 5.32 Å². The van der Waals surface area contributed by atoms with E-state index in [1.807, 2.05) is 6.07 Å². The lowest BCUT2D eigenvalue weighted by atomic mass is 10.2. The molecule has 0 radical (unpaired) electrons. The Labute approximate surface area is 128 Å². The number of hydrogen-bond acceptors (Lipinski definition) is 3. The van der Waals surface area contributed by atoms with Gasteiger partial charge in [-0.15, -0.1) is 0 Å². The Morgan fingerprint density at radius 3 is 2.82 bits per heavy atom. The molecule has 0 saturated carbocycles. The van der Waals surface area contributed by atoms with Gasteiger partial charge in [0.1, 0.15) is 0 Å². The summed E-state index contributed by atoms with van der Waals surface area (Å²) < 4.78 is 0. The maximum atomic E-state index is 11.7. The predicted molar refractivity (Wildman–Crippen MR) is 81.9 cm³/mol. The van der Waals surface area contributed by atoms with Gasteiger partial charge >= 0.3 is 12.0 Å². The van der Waals surface area contributed by atoms with E-state index in [0.29, 0.717) is 31.6 Å². The van der Waals surface area contributed by atoms with Crippen LogP contribution in [0.5, 0.6) is 0 Å². The third kappa shape index (κ3) is 4.47. The van der Waals surface area contributed by atoms with Gasteiger partial charge in [0.25, 0.3) is 0 Å². The van der Waals surface area contributed by atoms with E-state index in [-0.39, 0.29) is 12.3 Å². The molecule has 0 atom stereocenters. The SMILES string of the molecule is O=C(O)CCCNC(=O)Nc1cccc(N2CCCC2=O)c1. The van der Waals surface area contributed by atoms with Gasteiger partial charge in [0.2, 0.25) is 5.91 Å². The van der Waals surface area contributed by atoms with E-state index in [2.05, 4.69) is 10.6 Å². The van der Waals surface area contributed by atoms with E-state index in [9.17, 15) is 14.4 Å². The van der Waals surface area contributed by atoms with Crippen LogP contribution in [0.1, 0.15) is 25.7 Å². The molecule has 1 saturated heterocycles. The maximum Gasteiger partial charge on any atom is 0.319 e. The number of rotatable bonds is 6. The second-order valence-electron chi connectivity index (χ2n) is 5.08. The number of carbonyl (C=O) groups is 3. The van der Waals surface area contributed by atoms with Crippen LogP contribution in [0.25, 0.3) is 0 Å². The highest BCUT2D eigenvalue weighted by Crippen LogP contribution is 2.24. The number of carboxylic acids is 1. The van der Waals surface area contributed by atoms with Crippen LogP contribution in [0.15, 0.2) is 24.3 Å². The van der Waals surface area contributed by atoms with Crippen molar-refractivity contribution in [2.24, 2.45) is 0 Å². The average Bonchev–Trinajstić information content (AvgIpc) is 2.90. The second-order valence-corrected chi connectivity index (χ2v) is 5.08. The molecule has 1 aromatic carbocycles. The summed E-state index contributed by atoms with van der Waals surface area (Å²) in [5, 5.41) is 13.8. The molecule has 0 aromatic heterocycles. The Hall–Kier alpha value is -2.57. The fraction of sp³-hybridized carbons (Fsp3) is 0.400. The minimum absolute atomic E-state index is 0.0207. The molecule has 7 nitrogen and oxygen atoms in total. The Kier molecular flexibility index (Phi) is 5.35. The van der Waals surface area contributed by atoms with Crippen LogP contribution in [-0.2, 0) is 9.59 Å². The summed E-state index contributed by atoms with van der Waals surface area (Å²) in [6.07, 6.45) is 1.81. The third-order valence-corrected chi connectivity index (χ3v) is 3.34. The minimum Gasteiger partial charge on any atom is -0.481 e. The number of carbonyl (C=O) groups excluding carboxylic acids is 2. The fourth-order valence-corrected chi connectivity index (χ4v) is 2.29. The van der Waals surface area contributed by atoms with Gasteiger partial charge in [0, 0.05) is 37.3 Å². The van der Waals surface area contributed by atoms with Gasteiger partial charge in [-0.2, -0.15) is 0 Å². The number of urea groups is 1. The molecule has 0 aliphatic carbocycles. The number of anilines is 2. The van der Waals surface area contributed by atoms with Gasteiger partial charge in [-0.1, -0.05) is 6.07 Å². The molecule has 0 bridgehead atoms. The average molecular weight is 305 g/mol. The van der Waals surface area contributed by atoms with Crippen molar-refractivity contribution >= 4 is 29.3 Å². The first kappa shape index (κ1) is 15.8. The molecule has 7 heteroatoms. The molecule has 1 heterocycles. The number of nitrogens with zero attached hydrogens (tertiary/aromatic N) is 1. The maximum absolute atomic E-state index is 11.7. The molecule has 0 spiro atoms. The van der Waals surface area contributed by atoms with Crippen molar-refractivity contribution in [2.45, 2.75) is 25.7 Å². The zero-order chi connectivity index (χ0) is 15.9. The first-order valence-corrected chi connectivity index (χ1v) is 7.23. The predicted octanol–water partition coefficient (Wildman–Crippen LogP) is 1.80. The van der Waals surface area contributed by atoms with Crippen molar-refractivity contribution in [3.63, 3.8) is 0 Å². The summed E-state index contributed by atoms with van der Waals surface area (Å²) in [7, 11) is 0. The van der Waals surface area contributed by atoms with Crippen LogP contribution in [0.4, 0.5) is 16.2 Å². The summed E-state index contributed by atoms with van der Waals surface area (Å²) in [5.41, 5.74) is 1.36. The Bertz CT molecular complexity index is 574. The van der Waals surface area contributed by atoms with E-state index in [4.69, 9.17) is 5.11 Å². The lowest BCUT2D eigenvalue weighted by Crippen LogP contribution is -2.30. The summed E-state index contributed by atoms with van der Waals surface area (Å²) in [6, 6.07) is 6.71. The molecule has 1 fully saturated rings. The molecule has 118 valence electrons. The van der Waals surface area contributed by atoms with Gasteiger partial charge in [-0.3, -0.25) is 9.59 Å². The zero-order valence-electron chi connectivity index (χ0n) is 12.2. The van der Waals surface area contributed by atoms with E-state index in [1.165, 1.54) is 0 Å². The zero-order valence-corrected chi connectivity index (χ0v) is 12.2. The van der Waals surface area contributed by atoms with Crippen LogP contribution in [0, 0.1) is 0 Å². The summed E-state index contributed by atoms with van der Waals surface area (Å²) in [6.45, 7) is 0.992. The summed E-state index contributed by atoms with van der Waals surface area (Å²) in [5.74, 6) is -0.791. The third-order valence-electron chi connectivity index (χ3n) is 3.34. The van der Waals surface area contributed by atoms with Crippen molar-refractivity contribution in [2.75, 3.05) is 23.3 Å². The molecule has 3 amide bonds. The van der Waals surface area contributed by atoms with Gasteiger partial charge in [-0.05, 0) is 31.0 Å². The van der Waals surface area contributed by atoms with Crippen LogP contribution in [-0.4, -0.2) is 36.1 Å². The van der Waals surface area contributed by atoms with Gasteiger partial charge in [0.05, 0.1) is 0 Å². The van der Waals surface area contributed by atoms with Gasteiger partial charge in [-0.25, -0.2) is 4.79 Å². The molecule has 22 heavy (non-hydrogen) atoms. The second kappa shape index (κ2) is 7.44. The van der Waals surface area contributed by atoms with Crippen molar-refractivity contribution < 1.29 is 19.5 Å². The lowest BCUT2D eigenvalue weighted by Gasteiger charge is -2.16. The Balaban J connectivity index is 1.86. The Morgan fingerprint density at radius 2 is 2.14 bits per heavy atom. The number of nitrogens with one attached hydrogen (secondary N) is 2. The normalized spacial score (nSPS) is 14.0. The van der Waals surface area contributed by atoms with E-state index >= 15 is 0 Å². The highest BCUT2D eigenvalue weighted by molar-refractivity contribution is 5.96. The first-order chi connectivity index (χ1) is 10.6. The van der Waals surface area contributed by atoms with E-state index in [0.717, 1.165) is 12.1 Å². The van der Waals surface area contributed by atoms with Crippen LogP contribution in [0.2, 0.25) is 0 Å². The van der Waals surface area contributed by atoms with E-state index in [1.54, 1.807) is 23.1 Å². The van der Waals surface area contributed by atoms with Crippen LogP contribution in [0.3, 0.4) is 0 Å². The molecule has 3 N–H and O–H groups in total. The number of hydrogen-bond donors (Lipinski definition) is 3. The van der Waals surface area contributed by atoms with Crippen molar-refractivity contribution in [3.8, 4) is 0 Å². The number of carboxylic acid groups (broad SMARTS) is 1. The number of aliphatic carboxylic acids is 1. The molecule has 2 rings (SSSR count). The largest absolute Gasteiger partial charge is 0.481 e. The standard InChI is InChI=1S/C15H19N3O4/c19-13-6-3-9-18(13)12-5-1-4-11(10-12)17-15(22)16-8-2-7-14(20)21/h1,4-5,10H,2-3,6-9H2,(H,20,21)(H2,16,17,22). The summed E-state index contributed by atoms with van der Waals surface area (Å²) in [4.78, 5) is 35.5. The highest BCUT2D eigenvalue weighted by Gasteiger charge is 2.21. The van der Waals surface area contributed by atoms with Gasteiger partial charge < -0.3 is 20.6 Å². The Morgan fingerprint density at radius 1 is 1.32 bits per heavy atom. The molecule has 1 aliphatic rings. The lowest BCUT2D eigenvalue weighted by molar-refractivity contribution is -0.137.